The monoisotopic (exact) mass is 291 g/mol. The molecule has 0 aliphatic heterocycles. The zero-order chi connectivity index (χ0) is 15.1. The number of nitrogens with one attached hydrogen (secondary N) is 1. The Morgan fingerprint density at radius 1 is 1.05 bits per heavy atom. The topological polar surface area (TPSA) is 30.5 Å². The van der Waals surface area contributed by atoms with Crippen molar-refractivity contribution in [2.24, 2.45) is 5.92 Å². The van der Waals surface area contributed by atoms with Crippen LogP contribution in [0.4, 0.5) is 0 Å². The van der Waals surface area contributed by atoms with Crippen LogP contribution in [0.25, 0.3) is 0 Å². The summed E-state index contributed by atoms with van der Waals surface area (Å²) < 4.78 is 10.6. The Morgan fingerprint density at radius 3 is 2.33 bits per heavy atom. The van der Waals surface area contributed by atoms with Gasteiger partial charge in [-0.3, -0.25) is 0 Å². The van der Waals surface area contributed by atoms with Crippen molar-refractivity contribution < 1.29 is 9.47 Å². The fourth-order valence-electron chi connectivity index (χ4n) is 3.25. The molecule has 0 radical (unpaired) electrons. The second-order valence-corrected chi connectivity index (χ2v) is 6.11. The molecule has 118 valence electrons. The van der Waals surface area contributed by atoms with Crippen LogP contribution >= 0.6 is 0 Å². The molecule has 3 heteroatoms. The minimum atomic E-state index is 0.580. The van der Waals surface area contributed by atoms with Gasteiger partial charge in [-0.15, -0.1) is 0 Å². The number of hydrogen-bond acceptors (Lipinski definition) is 3. The summed E-state index contributed by atoms with van der Waals surface area (Å²) in [5, 5.41) is 3.69. The van der Waals surface area contributed by atoms with Crippen LogP contribution in [0.15, 0.2) is 18.2 Å². The van der Waals surface area contributed by atoms with E-state index in [-0.39, 0.29) is 0 Å². The van der Waals surface area contributed by atoms with Gasteiger partial charge in [0.1, 0.15) is 0 Å². The molecule has 1 atom stereocenters. The third kappa shape index (κ3) is 4.63. The molecule has 0 spiro atoms. The van der Waals surface area contributed by atoms with E-state index < -0.39 is 0 Å². The number of rotatable bonds is 6. The average Bonchev–Trinajstić information content (AvgIpc) is 2.81. The van der Waals surface area contributed by atoms with Crippen LogP contribution in [0.5, 0.6) is 11.5 Å². The first kappa shape index (κ1) is 16.2. The van der Waals surface area contributed by atoms with Crippen LogP contribution in [0.1, 0.15) is 51.0 Å². The average molecular weight is 291 g/mol. The Balaban J connectivity index is 1.89. The maximum absolute atomic E-state index is 5.36. The van der Waals surface area contributed by atoms with Crippen LogP contribution in [0, 0.1) is 5.92 Å². The highest BCUT2D eigenvalue weighted by atomic mass is 16.5. The molecule has 2 rings (SSSR count). The molecular weight excluding hydrogens is 262 g/mol. The van der Waals surface area contributed by atoms with E-state index in [1.54, 1.807) is 14.2 Å². The highest BCUT2D eigenvalue weighted by Crippen LogP contribution is 2.28. The molecule has 0 saturated heterocycles. The van der Waals surface area contributed by atoms with Crippen molar-refractivity contribution in [2.75, 3.05) is 14.2 Å². The van der Waals surface area contributed by atoms with Gasteiger partial charge in [-0.1, -0.05) is 31.7 Å². The van der Waals surface area contributed by atoms with Gasteiger partial charge in [0.15, 0.2) is 11.5 Å². The highest BCUT2D eigenvalue weighted by Gasteiger charge is 2.18. The molecule has 0 amide bonds. The second kappa shape index (κ2) is 8.28. The van der Waals surface area contributed by atoms with Gasteiger partial charge in [-0.05, 0) is 43.4 Å². The standard InChI is InChI=1S/C18H29NO2/c1-14(16-8-6-4-5-7-9-16)19-13-15-10-11-17(20-2)18(12-15)21-3/h10-12,14,16,19H,4-9,13H2,1-3H3/t14-/m1/s1. The van der Waals surface area contributed by atoms with Crippen molar-refractivity contribution in [1.29, 1.82) is 0 Å². The molecule has 0 heterocycles. The van der Waals surface area contributed by atoms with Gasteiger partial charge in [0.25, 0.3) is 0 Å². The fourth-order valence-corrected chi connectivity index (χ4v) is 3.25. The second-order valence-electron chi connectivity index (χ2n) is 6.11. The summed E-state index contributed by atoms with van der Waals surface area (Å²) in [4.78, 5) is 0. The SMILES string of the molecule is COc1ccc(CN[C@H](C)C2CCCCCC2)cc1OC. The molecule has 3 nitrogen and oxygen atoms in total. The van der Waals surface area contributed by atoms with Crippen molar-refractivity contribution in [1.82, 2.24) is 5.32 Å². The summed E-state index contributed by atoms with van der Waals surface area (Å²) in [6.45, 7) is 3.22. The largest absolute Gasteiger partial charge is 0.493 e. The zero-order valence-corrected chi connectivity index (χ0v) is 13.7. The number of benzene rings is 1. The molecule has 21 heavy (non-hydrogen) atoms. The normalized spacial score (nSPS) is 18.0. The highest BCUT2D eigenvalue weighted by molar-refractivity contribution is 5.42. The van der Waals surface area contributed by atoms with E-state index in [0.717, 1.165) is 24.0 Å². The smallest absolute Gasteiger partial charge is 0.161 e. The van der Waals surface area contributed by atoms with E-state index in [9.17, 15) is 0 Å². The lowest BCUT2D eigenvalue weighted by molar-refractivity contribution is 0.335. The van der Waals surface area contributed by atoms with Gasteiger partial charge in [0.05, 0.1) is 14.2 Å². The molecule has 1 saturated carbocycles. The van der Waals surface area contributed by atoms with Gasteiger partial charge in [-0.25, -0.2) is 0 Å². The fraction of sp³-hybridized carbons (Fsp3) is 0.667. The molecule has 1 fully saturated rings. The molecule has 1 aromatic rings. The minimum Gasteiger partial charge on any atom is -0.493 e. The Labute approximate surface area is 129 Å². The lowest BCUT2D eigenvalue weighted by Crippen LogP contribution is -2.32. The summed E-state index contributed by atoms with van der Waals surface area (Å²) >= 11 is 0. The van der Waals surface area contributed by atoms with Crippen LogP contribution in [-0.2, 0) is 6.54 Å². The van der Waals surface area contributed by atoms with Gasteiger partial charge in [-0.2, -0.15) is 0 Å². The summed E-state index contributed by atoms with van der Waals surface area (Å²) in [7, 11) is 3.35. The molecule has 1 aliphatic rings. The van der Waals surface area contributed by atoms with Gasteiger partial charge < -0.3 is 14.8 Å². The summed E-state index contributed by atoms with van der Waals surface area (Å²) in [6.07, 6.45) is 8.37. The third-order valence-electron chi connectivity index (χ3n) is 4.68. The zero-order valence-electron chi connectivity index (χ0n) is 13.7. The van der Waals surface area contributed by atoms with E-state index in [1.807, 2.05) is 6.07 Å². The Bertz CT molecular complexity index is 425. The predicted molar refractivity (Wildman–Crippen MR) is 87.0 cm³/mol. The summed E-state index contributed by atoms with van der Waals surface area (Å²) in [5.74, 6) is 2.42. The first-order valence-electron chi connectivity index (χ1n) is 8.19. The lowest BCUT2D eigenvalue weighted by Gasteiger charge is -2.24. The van der Waals surface area contributed by atoms with Crippen LogP contribution in [0.2, 0.25) is 0 Å². The van der Waals surface area contributed by atoms with Gasteiger partial charge in [0, 0.05) is 12.6 Å². The lowest BCUT2D eigenvalue weighted by atomic mass is 9.93. The van der Waals surface area contributed by atoms with E-state index in [2.05, 4.69) is 24.4 Å². The molecule has 0 unspecified atom stereocenters. The maximum atomic E-state index is 5.36. The molecular formula is C18H29NO2. The third-order valence-corrected chi connectivity index (χ3v) is 4.68. The van der Waals surface area contributed by atoms with E-state index in [0.29, 0.717) is 6.04 Å². The van der Waals surface area contributed by atoms with Crippen LogP contribution in [0.3, 0.4) is 0 Å². The molecule has 1 aromatic carbocycles. The van der Waals surface area contributed by atoms with Crippen LogP contribution in [-0.4, -0.2) is 20.3 Å². The van der Waals surface area contributed by atoms with E-state index in [1.165, 1.54) is 44.1 Å². The summed E-state index contributed by atoms with van der Waals surface area (Å²) in [5.41, 5.74) is 1.24. The van der Waals surface area contributed by atoms with Gasteiger partial charge in [0.2, 0.25) is 0 Å². The van der Waals surface area contributed by atoms with Crippen molar-refractivity contribution in [3.05, 3.63) is 23.8 Å². The maximum Gasteiger partial charge on any atom is 0.161 e. The number of ether oxygens (including phenoxy) is 2. The molecule has 1 N–H and O–H groups in total. The molecule has 1 aliphatic carbocycles. The van der Waals surface area contributed by atoms with Crippen LogP contribution < -0.4 is 14.8 Å². The Kier molecular flexibility index (Phi) is 6.37. The quantitative estimate of drug-likeness (QED) is 0.799. The van der Waals surface area contributed by atoms with Crippen molar-refractivity contribution >= 4 is 0 Å². The van der Waals surface area contributed by atoms with Crippen molar-refractivity contribution in [2.45, 2.75) is 58.0 Å². The first-order chi connectivity index (χ1) is 10.2. The minimum absolute atomic E-state index is 0.580. The molecule has 0 bridgehead atoms. The molecule has 0 aromatic heterocycles. The van der Waals surface area contributed by atoms with E-state index >= 15 is 0 Å². The van der Waals surface area contributed by atoms with Gasteiger partial charge >= 0.3 is 0 Å². The Morgan fingerprint density at radius 2 is 1.71 bits per heavy atom. The van der Waals surface area contributed by atoms with Crippen molar-refractivity contribution in [3.8, 4) is 11.5 Å². The van der Waals surface area contributed by atoms with Crippen molar-refractivity contribution in [3.63, 3.8) is 0 Å². The number of methoxy groups -OCH3 is 2. The number of hydrogen-bond donors (Lipinski definition) is 1. The first-order valence-corrected chi connectivity index (χ1v) is 8.19. The van der Waals surface area contributed by atoms with E-state index in [4.69, 9.17) is 9.47 Å². The summed E-state index contributed by atoms with van der Waals surface area (Å²) in [6, 6.07) is 6.72. The Hall–Kier alpha value is -1.22. The predicted octanol–water partition coefficient (Wildman–Crippen LogP) is 4.15.